The highest BCUT2D eigenvalue weighted by molar-refractivity contribution is 8.01. The van der Waals surface area contributed by atoms with Gasteiger partial charge >= 0.3 is 0 Å². The lowest BCUT2D eigenvalue weighted by Crippen LogP contribution is -2.43. The molecule has 10 aromatic carbocycles. The maximum absolute atomic E-state index is 2.62. The molecule has 2 heterocycles. The molecule has 2 aliphatic carbocycles. The van der Waals surface area contributed by atoms with Crippen molar-refractivity contribution < 1.29 is 0 Å². The quantitative estimate of drug-likeness (QED) is 0.162. The van der Waals surface area contributed by atoms with E-state index in [0.717, 1.165) is 0 Å². The summed E-state index contributed by atoms with van der Waals surface area (Å²) in [6.07, 6.45) is 10.4. The SMILES string of the molecule is CC12CCCCC1(C)c1cc(-c3cc(-c4cccc5ccccc45)c4ccc5c(-c6ccc7c(c6)C6(C)CCCCC6(C)S7)cc(-c6cccc7ccccc67)c6ccc3c4c56)ccc1S2. The van der Waals surface area contributed by atoms with Gasteiger partial charge < -0.3 is 0 Å². The third-order valence-electron chi connectivity index (χ3n) is 18.0. The van der Waals surface area contributed by atoms with Crippen LogP contribution in [0.25, 0.3) is 98.4 Å². The third kappa shape index (κ3) is 5.32. The van der Waals surface area contributed by atoms with Gasteiger partial charge in [-0.15, -0.1) is 23.5 Å². The van der Waals surface area contributed by atoms with Gasteiger partial charge in [-0.2, -0.15) is 0 Å². The van der Waals surface area contributed by atoms with Crippen LogP contribution in [0.4, 0.5) is 0 Å². The Morgan fingerprint density at radius 1 is 0.333 bits per heavy atom. The molecule has 0 aromatic heterocycles. The Morgan fingerprint density at radius 2 is 0.727 bits per heavy atom. The number of thioether (sulfide) groups is 2. The average Bonchev–Trinajstić information content (AvgIpc) is 3.74. The second-order valence-corrected chi connectivity index (χ2v) is 24.3. The molecule has 66 heavy (non-hydrogen) atoms. The van der Waals surface area contributed by atoms with Gasteiger partial charge in [-0.25, -0.2) is 0 Å². The summed E-state index contributed by atoms with van der Waals surface area (Å²) < 4.78 is 0.474. The first-order chi connectivity index (χ1) is 32.1. The largest absolute Gasteiger partial charge is 0.118 e. The second kappa shape index (κ2) is 14.0. The summed E-state index contributed by atoms with van der Waals surface area (Å²) in [5.74, 6) is 0. The van der Waals surface area contributed by atoms with Crippen LogP contribution >= 0.6 is 23.5 Å². The monoisotopic (exact) mass is 886 g/mol. The van der Waals surface area contributed by atoms with E-state index in [1.807, 2.05) is 0 Å². The van der Waals surface area contributed by atoms with Gasteiger partial charge in [-0.3, -0.25) is 0 Å². The van der Waals surface area contributed by atoms with E-state index in [9.17, 15) is 0 Å². The number of hydrogen-bond donors (Lipinski definition) is 0. The Kier molecular flexibility index (Phi) is 8.40. The van der Waals surface area contributed by atoms with Crippen molar-refractivity contribution in [2.75, 3.05) is 0 Å². The van der Waals surface area contributed by atoms with Crippen molar-refractivity contribution >= 4 is 77.4 Å². The van der Waals surface area contributed by atoms with E-state index in [4.69, 9.17) is 0 Å². The summed E-state index contributed by atoms with van der Waals surface area (Å²) in [5, 5.41) is 13.2. The fourth-order valence-corrected chi connectivity index (χ4v) is 17.3. The first-order valence-electron chi connectivity index (χ1n) is 24.6. The smallest absolute Gasteiger partial charge is 0.0273 e. The topological polar surface area (TPSA) is 0 Å². The molecule has 4 aliphatic rings. The van der Waals surface area contributed by atoms with Crippen LogP contribution in [0.2, 0.25) is 0 Å². The minimum absolute atomic E-state index is 0.159. The molecular weight excluding hydrogens is 833 g/mol. The molecule has 0 nitrogen and oxygen atoms in total. The van der Waals surface area contributed by atoms with Gasteiger partial charge in [-0.1, -0.05) is 161 Å². The fourth-order valence-electron chi connectivity index (χ4n) is 13.9. The lowest BCUT2D eigenvalue weighted by Gasteiger charge is -2.45. The maximum atomic E-state index is 2.62. The minimum Gasteiger partial charge on any atom is -0.118 e. The van der Waals surface area contributed by atoms with Crippen molar-refractivity contribution in [3.63, 3.8) is 0 Å². The van der Waals surface area contributed by atoms with Crippen molar-refractivity contribution in [1.82, 2.24) is 0 Å². The first kappa shape index (κ1) is 39.6. The highest BCUT2D eigenvalue weighted by Gasteiger charge is 2.55. The zero-order valence-corrected chi connectivity index (χ0v) is 40.1. The highest BCUT2D eigenvalue weighted by Crippen LogP contribution is 2.65. The van der Waals surface area contributed by atoms with Crippen LogP contribution in [0.15, 0.2) is 168 Å². The Bertz CT molecular complexity index is 3440. The molecule has 2 saturated carbocycles. The van der Waals surface area contributed by atoms with E-state index in [-0.39, 0.29) is 20.3 Å². The van der Waals surface area contributed by atoms with Crippen molar-refractivity contribution in [3.8, 4) is 44.5 Å². The van der Waals surface area contributed by atoms with Crippen LogP contribution < -0.4 is 0 Å². The zero-order valence-electron chi connectivity index (χ0n) is 38.5. The molecule has 2 aliphatic heterocycles. The lowest BCUT2D eigenvalue weighted by atomic mass is 9.64. The zero-order chi connectivity index (χ0) is 44.2. The molecule has 0 spiro atoms. The van der Waals surface area contributed by atoms with Gasteiger partial charge in [0.05, 0.1) is 0 Å². The van der Waals surface area contributed by atoms with Crippen LogP contribution in [0.5, 0.6) is 0 Å². The molecule has 2 heteroatoms. The summed E-state index contributed by atoms with van der Waals surface area (Å²) in [6.45, 7) is 10.2. The van der Waals surface area contributed by atoms with Gasteiger partial charge in [0.1, 0.15) is 0 Å². The second-order valence-electron chi connectivity index (χ2n) is 21.2. The van der Waals surface area contributed by atoms with Crippen molar-refractivity contribution in [3.05, 3.63) is 169 Å². The molecule has 0 N–H and O–H groups in total. The molecular formula is C64H54S2. The number of rotatable bonds is 4. The molecule has 10 aromatic rings. The summed E-state index contributed by atoms with van der Waals surface area (Å²) in [5.41, 5.74) is 14.0. The Balaban J connectivity index is 1.11. The molecule has 0 bridgehead atoms. The van der Waals surface area contributed by atoms with Crippen molar-refractivity contribution in [2.24, 2.45) is 0 Å². The van der Waals surface area contributed by atoms with Crippen molar-refractivity contribution in [1.29, 1.82) is 0 Å². The van der Waals surface area contributed by atoms with Gasteiger partial charge in [0, 0.05) is 30.1 Å². The standard InChI is InChI=1S/C64H54S2/c1-61-31-9-11-33-63(61,3)65-57-29-23-41(35-55(57)61)51-37-53(45-21-13-17-39-15-5-7-19-43(39)45)49-28-26-48-52(42-24-30-58-56(36-42)62(2)32-10-12-34-64(62,4)66-58)38-54(50-27-25-47(51)59(49)60(48)50)46-22-14-18-40-16-6-8-20-44(40)46/h5-8,13-30,35-38H,9-12,31-34H2,1-4H3. The van der Waals surface area contributed by atoms with Crippen LogP contribution in [-0.4, -0.2) is 9.49 Å². The Morgan fingerprint density at radius 3 is 1.18 bits per heavy atom. The van der Waals surface area contributed by atoms with Gasteiger partial charge in [0.15, 0.2) is 0 Å². The van der Waals surface area contributed by atoms with Crippen LogP contribution in [0.3, 0.4) is 0 Å². The average molecular weight is 887 g/mol. The molecule has 14 rings (SSSR count). The van der Waals surface area contributed by atoms with E-state index in [0.29, 0.717) is 0 Å². The molecule has 0 saturated heterocycles. The van der Waals surface area contributed by atoms with E-state index < -0.39 is 0 Å². The van der Waals surface area contributed by atoms with Gasteiger partial charge in [-0.05, 0) is 185 Å². The van der Waals surface area contributed by atoms with Crippen LogP contribution in [0.1, 0.15) is 90.2 Å². The first-order valence-corrected chi connectivity index (χ1v) is 26.2. The summed E-state index contributed by atoms with van der Waals surface area (Å²) in [4.78, 5) is 2.97. The van der Waals surface area contributed by atoms with E-state index in [2.05, 4.69) is 209 Å². The number of hydrogen-bond acceptors (Lipinski definition) is 2. The van der Waals surface area contributed by atoms with Gasteiger partial charge in [0.2, 0.25) is 0 Å². The predicted octanol–water partition coefficient (Wildman–Crippen LogP) is 19.0. The van der Waals surface area contributed by atoms with E-state index in [1.54, 1.807) is 11.1 Å². The molecule has 322 valence electrons. The van der Waals surface area contributed by atoms with Crippen LogP contribution in [0, 0.1) is 0 Å². The molecule has 2 fully saturated rings. The van der Waals surface area contributed by atoms with Crippen LogP contribution in [-0.2, 0) is 10.8 Å². The Hall–Kier alpha value is -5.54. The predicted molar refractivity (Wildman–Crippen MR) is 287 cm³/mol. The summed E-state index contributed by atoms with van der Waals surface area (Å²) in [7, 11) is 0. The molecule has 0 radical (unpaired) electrons. The third-order valence-corrected chi connectivity index (χ3v) is 21.4. The van der Waals surface area contributed by atoms with E-state index in [1.165, 1.54) is 160 Å². The number of benzene rings is 10. The normalized spacial score (nSPS) is 24.6. The molecule has 0 amide bonds. The number of fused-ring (bicyclic) bond motifs is 8. The van der Waals surface area contributed by atoms with Crippen molar-refractivity contribution in [2.45, 2.75) is 109 Å². The fraction of sp³-hybridized carbons (Fsp3) is 0.250. The minimum atomic E-state index is 0.159. The maximum Gasteiger partial charge on any atom is 0.0273 e. The highest BCUT2D eigenvalue weighted by atomic mass is 32.2. The van der Waals surface area contributed by atoms with E-state index >= 15 is 0 Å². The molecule has 4 unspecified atom stereocenters. The molecule has 4 atom stereocenters. The van der Waals surface area contributed by atoms with Gasteiger partial charge in [0.25, 0.3) is 0 Å². The lowest BCUT2D eigenvalue weighted by molar-refractivity contribution is 0.260. The summed E-state index contributed by atoms with van der Waals surface area (Å²) in [6, 6.07) is 61.8. The Labute approximate surface area is 397 Å². The summed E-state index contributed by atoms with van der Waals surface area (Å²) >= 11 is 4.30.